The fourth-order valence-electron chi connectivity index (χ4n) is 2.54. The van der Waals surface area contributed by atoms with Crippen molar-refractivity contribution < 1.29 is 0 Å². The Morgan fingerprint density at radius 2 is 1.93 bits per heavy atom. The quantitative estimate of drug-likeness (QED) is 0.535. The Kier molecular flexibility index (Phi) is 5.04. The topological polar surface area (TPSA) is 12.0 Å². The smallest absolute Gasteiger partial charge is 0.0118 e. The van der Waals surface area contributed by atoms with Crippen molar-refractivity contribution in [2.45, 2.75) is 52.0 Å². The predicted octanol–water partition coefficient (Wildman–Crippen LogP) is 2.81. The van der Waals surface area contributed by atoms with Gasteiger partial charge in [-0.3, -0.25) is 0 Å². The molecule has 0 amide bonds. The average Bonchev–Trinajstić information content (AvgIpc) is 2.16. The van der Waals surface area contributed by atoms with E-state index in [1.54, 1.807) is 0 Å². The highest BCUT2D eigenvalue weighted by atomic mass is 14.9. The number of hydrogen-bond donors (Lipinski definition) is 1. The lowest BCUT2D eigenvalue weighted by Crippen LogP contribution is -2.43. The predicted molar refractivity (Wildman–Crippen MR) is 62.0 cm³/mol. The van der Waals surface area contributed by atoms with Crippen LogP contribution < -0.4 is 5.32 Å². The Bertz CT molecular complexity index is 182. The van der Waals surface area contributed by atoms with E-state index in [2.05, 4.69) is 25.1 Å². The average molecular weight is 193 g/mol. The first-order valence-electron chi connectivity index (χ1n) is 5.92. The van der Waals surface area contributed by atoms with Crippen molar-refractivity contribution >= 4 is 0 Å². The Balaban J connectivity index is 2.23. The van der Waals surface area contributed by atoms with Crippen molar-refractivity contribution in [3.8, 4) is 12.3 Å². The number of unbranched alkanes of at least 4 members (excludes halogenated alkanes) is 1. The van der Waals surface area contributed by atoms with E-state index in [1.807, 2.05) is 0 Å². The minimum Gasteiger partial charge on any atom is -0.313 e. The summed E-state index contributed by atoms with van der Waals surface area (Å²) in [6, 6.07) is 0.724. The van der Waals surface area contributed by atoms with E-state index >= 15 is 0 Å². The van der Waals surface area contributed by atoms with Crippen LogP contribution in [-0.4, -0.2) is 12.6 Å². The van der Waals surface area contributed by atoms with Gasteiger partial charge in [0.15, 0.2) is 0 Å². The zero-order chi connectivity index (χ0) is 10.4. The molecule has 1 saturated carbocycles. The second-order valence-corrected chi connectivity index (χ2v) is 4.67. The van der Waals surface area contributed by atoms with Crippen molar-refractivity contribution in [2.24, 2.45) is 11.8 Å². The van der Waals surface area contributed by atoms with Crippen LogP contribution in [-0.2, 0) is 0 Å². The molecule has 0 aliphatic heterocycles. The van der Waals surface area contributed by atoms with E-state index < -0.39 is 0 Å². The molecule has 0 aromatic carbocycles. The molecule has 0 saturated heterocycles. The third-order valence-electron chi connectivity index (χ3n) is 3.42. The zero-order valence-electron chi connectivity index (χ0n) is 9.55. The summed E-state index contributed by atoms with van der Waals surface area (Å²) in [5.41, 5.74) is 0. The summed E-state index contributed by atoms with van der Waals surface area (Å²) >= 11 is 0. The molecule has 0 heterocycles. The summed E-state index contributed by atoms with van der Waals surface area (Å²) in [6.45, 7) is 5.83. The van der Waals surface area contributed by atoms with Gasteiger partial charge in [-0.25, -0.2) is 0 Å². The summed E-state index contributed by atoms with van der Waals surface area (Å²) in [5.74, 6) is 4.36. The lowest BCUT2D eigenvalue weighted by molar-refractivity contribution is 0.209. The lowest BCUT2D eigenvalue weighted by atomic mass is 9.79. The molecule has 0 bridgehead atoms. The molecule has 14 heavy (non-hydrogen) atoms. The molecule has 1 heteroatoms. The van der Waals surface area contributed by atoms with Crippen LogP contribution in [0.4, 0.5) is 0 Å². The van der Waals surface area contributed by atoms with Crippen molar-refractivity contribution in [3.05, 3.63) is 0 Å². The van der Waals surface area contributed by atoms with Gasteiger partial charge in [-0.1, -0.05) is 20.3 Å². The van der Waals surface area contributed by atoms with Crippen LogP contribution in [0.2, 0.25) is 0 Å². The second-order valence-electron chi connectivity index (χ2n) is 4.67. The molecule has 2 unspecified atom stereocenters. The van der Waals surface area contributed by atoms with Crippen molar-refractivity contribution in [3.63, 3.8) is 0 Å². The van der Waals surface area contributed by atoms with Crippen LogP contribution in [0.15, 0.2) is 0 Å². The summed E-state index contributed by atoms with van der Waals surface area (Å²) < 4.78 is 0. The van der Waals surface area contributed by atoms with E-state index in [-0.39, 0.29) is 0 Å². The largest absolute Gasteiger partial charge is 0.313 e. The van der Waals surface area contributed by atoms with E-state index in [9.17, 15) is 0 Å². The highest BCUT2D eigenvalue weighted by molar-refractivity contribution is 4.86. The van der Waals surface area contributed by atoms with Gasteiger partial charge in [0, 0.05) is 12.5 Å². The SMILES string of the molecule is C#CCCCNC1C(C)CCCC1C. The molecule has 80 valence electrons. The maximum atomic E-state index is 5.22. The van der Waals surface area contributed by atoms with Crippen molar-refractivity contribution in [2.75, 3.05) is 6.54 Å². The van der Waals surface area contributed by atoms with Crippen LogP contribution in [0, 0.1) is 24.2 Å². The molecule has 0 aromatic heterocycles. The Morgan fingerprint density at radius 1 is 1.29 bits per heavy atom. The Hall–Kier alpha value is -0.480. The highest BCUT2D eigenvalue weighted by Crippen LogP contribution is 2.28. The van der Waals surface area contributed by atoms with Gasteiger partial charge in [0.05, 0.1) is 0 Å². The van der Waals surface area contributed by atoms with E-state index in [0.717, 1.165) is 37.3 Å². The summed E-state index contributed by atoms with van der Waals surface area (Å²) in [5, 5.41) is 3.66. The third-order valence-corrected chi connectivity index (χ3v) is 3.42. The fourth-order valence-corrected chi connectivity index (χ4v) is 2.54. The maximum Gasteiger partial charge on any atom is 0.0118 e. The number of terminal acetylenes is 1. The second kappa shape index (κ2) is 6.09. The monoisotopic (exact) mass is 193 g/mol. The van der Waals surface area contributed by atoms with Crippen LogP contribution in [0.5, 0.6) is 0 Å². The van der Waals surface area contributed by atoms with Crippen LogP contribution in [0.25, 0.3) is 0 Å². The first-order chi connectivity index (χ1) is 6.75. The minimum atomic E-state index is 0.724. The number of rotatable bonds is 4. The van der Waals surface area contributed by atoms with Gasteiger partial charge in [-0.15, -0.1) is 12.3 Å². The van der Waals surface area contributed by atoms with Gasteiger partial charge >= 0.3 is 0 Å². The van der Waals surface area contributed by atoms with Gasteiger partial charge in [-0.2, -0.15) is 0 Å². The minimum absolute atomic E-state index is 0.724. The maximum absolute atomic E-state index is 5.22. The molecular formula is C13H23N. The molecule has 0 aromatic rings. The van der Waals surface area contributed by atoms with Gasteiger partial charge < -0.3 is 5.32 Å². The molecule has 1 aliphatic rings. The molecule has 1 fully saturated rings. The van der Waals surface area contributed by atoms with Gasteiger partial charge in [0.25, 0.3) is 0 Å². The Morgan fingerprint density at radius 3 is 2.50 bits per heavy atom. The van der Waals surface area contributed by atoms with Crippen LogP contribution >= 0.6 is 0 Å². The van der Waals surface area contributed by atoms with E-state index in [4.69, 9.17) is 6.42 Å². The van der Waals surface area contributed by atoms with Crippen LogP contribution in [0.3, 0.4) is 0 Å². The lowest BCUT2D eigenvalue weighted by Gasteiger charge is -2.35. The summed E-state index contributed by atoms with van der Waals surface area (Å²) in [6.07, 6.45) is 11.4. The van der Waals surface area contributed by atoms with Crippen molar-refractivity contribution in [1.82, 2.24) is 5.32 Å². The number of hydrogen-bond acceptors (Lipinski definition) is 1. The molecule has 1 nitrogen and oxygen atoms in total. The Labute approximate surface area is 88.7 Å². The zero-order valence-corrected chi connectivity index (χ0v) is 9.55. The van der Waals surface area contributed by atoms with Crippen molar-refractivity contribution in [1.29, 1.82) is 0 Å². The first kappa shape index (κ1) is 11.6. The number of nitrogens with one attached hydrogen (secondary N) is 1. The standard InChI is InChI=1S/C13H23N/c1-4-5-6-10-14-13-11(2)8-7-9-12(13)3/h1,11-14H,5-10H2,2-3H3. The molecule has 2 atom stereocenters. The first-order valence-corrected chi connectivity index (χ1v) is 5.92. The normalized spacial score (nSPS) is 32.5. The molecule has 1 aliphatic carbocycles. The summed E-state index contributed by atoms with van der Waals surface area (Å²) in [7, 11) is 0. The third kappa shape index (κ3) is 3.35. The highest BCUT2D eigenvalue weighted by Gasteiger charge is 2.26. The molecule has 0 radical (unpaired) electrons. The summed E-state index contributed by atoms with van der Waals surface area (Å²) in [4.78, 5) is 0. The molecular weight excluding hydrogens is 170 g/mol. The molecule has 1 N–H and O–H groups in total. The van der Waals surface area contributed by atoms with Gasteiger partial charge in [0.1, 0.15) is 0 Å². The van der Waals surface area contributed by atoms with E-state index in [0.29, 0.717) is 0 Å². The van der Waals surface area contributed by atoms with Gasteiger partial charge in [-0.05, 0) is 37.6 Å². The molecule has 0 spiro atoms. The van der Waals surface area contributed by atoms with Crippen LogP contribution in [0.1, 0.15) is 46.0 Å². The van der Waals surface area contributed by atoms with Gasteiger partial charge in [0.2, 0.25) is 0 Å². The van der Waals surface area contributed by atoms with E-state index in [1.165, 1.54) is 19.3 Å². The molecule has 1 rings (SSSR count). The fraction of sp³-hybridized carbons (Fsp3) is 0.846.